The average Bonchev–Trinajstić information content (AvgIpc) is 3.15. The van der Waals surface area contributed by atoms with Gasteiger partial charge < -0.3 is 15.3 Å². The summed E-state index contributed by atoms with van der Waals surface area (Å²) in [6.45, 7) is 4.05. The smallest absolute Gasteiger partial charge is 0.0585 e. The van der Waals surface area contributed by atoms with Gasteiger partial charge in [0.05, 0.1) is 6.61 Å². The largest absolute Gasteiger partial charge is 0.395 e. The highest BCUT2D eigenvalue weighted by atomic mass is 16.3. The van der Waals surface area contributed by atoms with Crippen molar-refractivity contribution in [2.75, 3.05) is 26.2 Å². The van der Waals surface area contributed by atoms with Crippen LogP contribution in [0.2, 0.25) is 0 Å². The highest BCUT2D eigenvalue weighted by Gasteiger charge is 2.36. The Labute approximate surface area is 117 Å². The van der Waals surface area contributed by atoms with E-state index < -0.39 is 0 Å². The number of rotatable bonds is 6. The van der Waals surface area contributed by atoms with Crippen LogP contribution in [0.3, 0.4) is 0 Å². The van der Waals surface area contributed by atoms with Gasteiger partial charge in [-0.3, -0.25) is 0 Å². The maximum Gasteiger partial charge on any atom is 0.0585 e. The van der Waals surface area contributed by atoms with E-state index in [-0.39, 0.29) is 0 Å². The summed E-state index contributed by atoms with van der Waals surface area (Å²) in [5.41, 5.74) is 0.735. The molecule has 3 rings (SSSR count). The zero-order valence-corrected chi connectivity index (χ0v) is 12.2. The number of hydrogen-bond acceptors (Lipinski definition) is 3. The molecule has 0 aromatic heterocycles. The van der Waals surface area contributed by atoms with Crippen molar-refractivity contribution < 1.29 is 5.11 Å². The fourth-order valence-electron chi connectivity index (χ4n) is 4.03. The number of aliphatic hydroxyl groups excluding tert-OH is 1. The summed E-state index contributed by atoms with van der Waals surface area (Å²) in [6.07, 6.45) is 12.5. The number of likely N-dealkylation sites (tertiary alicyclic amines) is 1. The standard InChI is InChI=1S/C16H30N2O/c19-13-15(17-14-3-4-14)5-10-18-11-8-16(9-12-18)6-1-2-7-16/h14-15,17,19H,1-13H2. The first-order chi connectivity index (χ1) is 9.30. The number of nitrogens with one attached hydrogen (secondary N) is 1. The van der Waals surface area contributed by atoms with E-state index in [4.69, 9.17) is 0 Å². The second kappa shape index (κ2) is 6.11. The van der Waals surface area contributed by atoms with Gasteiger partial charge in [0, 0.05) is 12.1 Å². The minimum atomic E-state index is 0.300. The third-order valence-electron chi connectivity index (χ3n) is 5.64. The van der Waals surface area contributed by atoms with Gasteiger partial charge in [0.1, 0.15) is 0 Å². The first kappa shape index (κ1) is 13.8. The maximum atomic E-state index is 9.42. The molecule has 0 bridgehead atoms. The summed E-state index contributed by atoms with van der Waals surface area (Å²) in [6, 6.07) is 1.04. The van der Waals surface area contributed by atoms with E-state index in [1.54, 1.807) is 0 Å². The number of nitrogens with zero attached hydrogens (tertiary/aromatic N) is 1. The second-order valence-corrected chi connectivity index (χ2v) is 7.16. The Bertz CT molecular complexity index is 274. The van der Waals surface area contributed by atoms with Crippen LogP contribution in [-0.4, -0.2) is 48.3 Å². The molecule has 0 aromatic rings. The molecular weight excluding hydrogens is 236 g/mol. The molecule has 0 aromatic carbocycles. The Morgan fingerprint density at radius 2 is 1.79 bits per heavy atom. The van der Waals surface area contributed by atoms with Crippen LogP contribution < -0.4 is 5.32 Å². The van der Waals surface area contributed by atoms with Crippen molar-refractivity contribution in [1.29, 1.82) is 0 Å². The number of hydrogen-bond donors (Lipinski definition) is 2. The van der Waals surface area contributed by atoms with E-state index in [9.17, 15) is 5.11 Å². The molecule has 3 nitrogen and oxygen atoms in total. The van der Waals surface area contributed by atoms with Gasteiger partial charge in [-0.25, -0.2) is 0 Å². The van der Waals surface area contributed by atoms with Crippen LogP contribution in [-0.2, 0) is 0 Å². The first-order valence-electron chi connectivity index (χ1n) is 8.39. The van der Waals surface area contributed by atoms with Crippen LogP contribution in [0.15, 0.2) is 0 Å². The quantitative estimate of drug-likeness (QED) is 0.773. The molecule has 3 aliphatic rings. The van der Waals surface area contributed by atoms with Gasteiger partial charge in [-0.15, -0.1) is 0 Å². The summed E-state index contributed by atoms with van der Waals surface area (Å²) in [4.78, 5) is 2.63. The van der Waals surface area contributed by atoms with Crippen LogP contribution in [0, 0.1) is 5.41 Å². The Morgan fingerprint density at radius 1 is 1.11 bits per heavy atom. The van der Waals surface area contributed by atoms with Crippen LogP contribution in [0.25, 0.3) is 0 Å². The molecule has 1 saturated heterocycles. The molecule has 2 aliphatic carbocycles. The molecule has 1 unspecified atom stereocenters. The molecule has 3 fully saturated rings. The third kappa shape index (κ3) is 3.71. The lowest BCUT2D eigenvalue weighted by atomic mass is 9.77. The van der Waals surface area contributed by atoms with Crippen molar-refractivity contribution in [2.45, 2.75) is 69.9 Å². The summed E-state index contributed by atoms with van der Waals surface area (Å²) < 4.78 is 0. The molecule has 0 amide bonds. The van der Waals surface area contributed by atoms with Crippen molar-refractivity contribution >= 4 is 0 Å². The maximum absolute atomic E-state index is 9.42. The second-order valence-electron chi connectivity index (χ2n) is 7.16. The third-order valence-corrected chi connectivity index (χ3v) is 5.64. The summed E-state index contributed by atoms with van der Waals surface area (Å²) in [5.74, 6) is 0. The van der Waals surface area contributed by atoms with Crippen molar-refractivity contribution in [3.63, 3.8) is 0 Å². The molecular formula is C16H30N2O. The lowest BCUT2D eigenvalue weighted by Gasteiger charge is -2.39. The van der Waals surface area contributed by atoms with Gasteiger partial charge in [0.25, 0.3) is 0 Å². The SMILES string of the molecule is OCC(CCN1CCC2(CCCC2)CC1)NC1CC1. The lowest BCUT2D eigenvalue weighted by Crippen LogP contribution is -2.42. The van der Waals surface area contributed by atoms with Crippen LogP contribution in [0.4, 0.5) is 0 Å². The monoisotopic (exact) mass is 266 g/mol. The molecule has 1 aliphatic heterocycles. The molecule has 2 N–H and O–H groups in total. The summed E-state index contributed by atoms with van der Waals surface area (Å²) in [7, 11) is 0. The Balaban J connectivity index is 1.36. The van der Waals surface area contributed by atoms with E-state index in [1.807, 2.05) is 0 Å². The van der Waals surface area contributed by atoms with E-state index in [1.165, 1.54) is 71.0 Å². The lowest BCUT2D eigenvalue weighted by molar-refractivity contribution is 0.102. The zero-order valence-electron chi connectivity index (χ0n) is 12.2. The molecule has 1 spiro atoms. The van der Waals surface area contributed by atoms with Crippen molar-refractivity contribution in [2.24, 2.45) is 5.41 Å². The normalized spacial score (nSPS) is 28.9. The molecule has 19 heavy (non-hydrogen) atoms. The van der Waals surface area contributed by atoms with Crippen LogP contribution in [0.5, 0.6) is 0 Å². The molecule has 0 radical (unpaired) electrons. The molecule has 110 valence electrons. The minimum Gasteiger partial charge on any atom is -0.395 e. The Morgan fingerprint density at radius 3 is 2.37 bits per heavy atom. The van der Waals surface area contributed by atoms with Gasteiger partial charge in [-0.2, -0.15) is 0 Å². The van der Waals surface area contributed by atoms with E-state index in [0.29, 0.717) is 18.7 Å². The van der Waals surface area contributed by atoms with Crippen LogP contribution in [0.1, 0.15) is 57.8 Å². The van der Waals surface area contributed by atoms with Gasteiger partial charge in [-0.1, -0.05) is 12.8 Å². The van der Waals surface area contributed by atoms with E-state index in [0.717, 1.165) is 11.8 Å². The fraction of sp³-hybridized carbons (Fsp3) is 1.00. The number of piperidine rings is 1. The highest BCUT2D eigenvalue weighted by Crippen LogP contribution is 2.46. The molecule has 1 heterocycles. The predicted octanol–water partition coefficient (Wildman–Crippen LogP) is 2.15. The topological polar surface area (TPSA) is 35.5 Å². The average molecular weight is 266 g/mol. The van der Waals surface area contributed by atoms with Gasteiger partial charge in [0.15, 0.2) is 0 Å². The Hall–Kier alpha value is -0.120. The highest BCUT2D eigenvalue weighted by molar-refractivity contribution is 4.90. The van der Waals surface area contributed by atoms with E-state index >= 15 is 0 Å². The zero-order chi connectivity index (χ0) is 13.1. The summed E-state index contributed by atoms with van der Waals surface area (Å²) >= 11 is 0. The molecule has 2 saturated carbocycles. The molecule has 3 heteroatoms. The van der Waals surface area contributed by atoms with Gasteiger partial charge in [-0.05, 0) is 70.0 Å². The van der Waals surface area contributed by atoms with Crippen molar-refractivity contribution in [3.8, 4) is 0 Å². The van der Waals surface area contributed by atoms with Crippen LogP contribution >= 0.6 is 0 Å². The number of aliphatic hydroxyl groups is 1. The predicted molar refractivity (Wildman–Crippen MR) is 78.2 cm³/mol. The van der Waals surface area contributed by atoms with Crippen molar-refractivity contribution in [1.82, 2.24) is 10.2 Å². The minimum absolute atomic E-state index is 0.300. The van der Waals surface area contributed by atoms with E-state index in [2.05, 4.69) is 10.2 Å². The first-order valence-corrected chi connectivity index (χ1v) is 8.39. The molecule has 1 atom stereocenters. The van der Waals surface area contributed by atoms with Gasteiger partial charge in [0.2, 0.25) is 0 Å². The van der Waals surface area contributed by atoms with Gasteiger partial charge >= 0.3 is 0 Å². The summed E-state index contributed by atoms with van der Waals surface area (Å²) in [5, 5.41) is 13.0. The van der Waals surface area contributed by atoms with Crippen molar-refractivity contribution in [3.05, 3.63) is 0 Å². The Kier molecular flexibility index (Phi) is 4.45. The fourth-order valence-corrected chi connectivity index (χ4v) is 4.03.